The van der Waals surface area contributed by atoms with Crippen LogP contribution in [-0.4, -0.2) is 44.3 Å². The lowest BCUT2D eigenvalue weighted by molar-refractivity contribution is -0.153. The first-order chi connectivity index (χ1) is 13.9. The molecule has 3 rings (SSSR count). The molecular weight excluding hydrogens is 412 g/mol. The maximum absolute atomic E-state index is 12.7. The maximum Gasteiger partial charge on any atom is 0.310 e. The Hall–Kier alpha value is -2.23. The largest absolute Gasteiger partial charge is 0.455 e. The lowest BCUT2D eigenvalue weighted by Crippen LogP contribution is -2.43. The molecule has 156 valence electrons. The van der Waals surface area contributed by atoms with Crippen LogP contribution in [0.4, 0.5) is 0 Å². The lowest BCUT2D eigenvalue weighted by Gasteiger charge is -2.30. The van der Waals surface area contributed by atoms with Gasteiger partial charge in [0.1, 0.15) is 4.21 Å². The van der Waals surface area contributed by atoms with Crippen molar-refractivity contribution in [1.29, 1.82) is 0 Å². The molecule has 9 heteroatoms. The molecule has 1 amide bonds. The Balaban J connectivity index is 1.49. The van der Waals surface area contributed by atoms with Crippen LogP contribution >= 0.6 is 11.3 Å². The third-order valence-corrected chi connectivity index (χ3v) is 8.13. The van der Waals surface area contributed by atoms with Gasteiger partial charge in [-0.15, -0.1) is 11.3 Å². The van der Waals surface area contributed by atoms with Gasteiger partial charge in [0.2, 0.25) is 0 Å². The first-order valence-electron chi connectivity index (χ1n) is 9.39. The van der Waals surface area contributed by atoms with E-state index in [4.69, 9.17) is 4.74 Å². The molecule has 1 aliphatic heterocycles. The van der Waals surface area contributed by atoms with Gasteiger partial charge >= 0.3 is 5.97 Å². The van der Waals surface area contributed by atoms with E-state index in [9.17, 15) is 18.0 Å². The number of sulfonamides is 1. The van der Waals surface area contributed by atoms with Gasteiger partial charge in [0.05, 0.1) is 5.92 Å². The molecule has 1 atom stereocenters. The van der Waals surface area contributed by atoms with E-state index in [0.717, 1.165) is 22.5 Å². The first kappa shape index (κ1) is 21.5. The minimum Gasteiger partial charge on any atom is -0.455 e. The summed E-state index contributed by atoms with van der Waals surface area (Å²) in [4.78, 5) is 24.4. The van der Waals surface area contributed by atoms with Crippen LogP contribution in [-0.2, 0) is 30.9 Å². The highest BCUT2D eigenvalue weighted by molar-refractivity contribution is 7.91. The van der Waals surface area contributed by atoms with E-state index in [1.807, 2.05) is 31.2 Å². The Morgan fingerprint density at radius 2 is 2.03 bits per heavy atom. The van der Waals surface area contributed by atoms with E-state index < -0.39 is 21.9 Å². The van der Waals surface area contributed by atoms with Gasteiger partial charge in [-0.3, -0.25) is 9.59 Å². The Bertz CT molecular complexity index is 957. The molecule has 1 aliphatic rings. The van der Waals surface area contributed by atoms with E-state index in [0.29, 0.717) is 25.9 Å². The van der Waals surface area contributed by atoms with Crippen LogP contribution in [0.15, 0.2) is 46.0 Å². The summed E-state index contributed by atoms with van der Waals surface area (Å²) in [6.45, 7) is 2.39. The molecule has 1 aromatic carbocycles. The standard InChI is InChI=1S/C20H24N2O5S2/c1-15-6-2-3-7-16(15)12-21-18(23)14-27-20(24)17-8-4-10-22(13-17)29(25,26)19-9-5-11-28-19/h2-3,5-7,9,11,17H,4,8,10,12-14H2,1H3,(H,21,23). The van der Waals surface area contributed by atoms with E-state index in [1.54, 1.807) is 17.5 Å². The second kappa shape index (κ2) is 9.51. The van der Waals surface area contributed by atoms with E-state index in [2.05, 4.69) is 5.32 Å². The average Bonchev–Trinajstić information content (AvgIpc) is 3.27. The summed E-state index contributed by atoms with van der Waals surface area (Å²) in [6, 6.07) is 10.9. The Morgan fingerprint density at radius 1 is 1.24 bits per heavy atom. The molecule has 0 spiro atoms. The van der Waals surface area contributed by atoms with Crippen molar-refractivity contribution in [2.24, 2.45) is 5.92 Å². The number of rotatable bonds is 7. The van der Waals surface area contributed by atoms with Crippen molar-refractivity contribution in [2.75, 3.05) is 19.7 Å². The van der Waals surface area contributed by atoms with Crippen molar-refractivity contribution in [2.45, 2.75) is 30.5 Å². The molecule has 1 aromatic heterocycles. The number of esters is 1. The summed E-state index contributed by atoms with van der Waals surface area (Å²) < 4.78 is 32.0. The number of nitrogens with one attached hydrogen (secondary N) is 1. The molecule has 7 nitrogen and oxygen atoms in total. The van der Waals surface area contributed by atoms with Gasteiger partial charge in [0, 0.05) is 19.6 Å². The molecular formula is C20H24N2O5S2. The van der Waals surface area contributed by atoms with E-state index in [1.165, 1.54) is 4.31 Å². The molecule has 29 heavy (non-hydrogen) atoms. The quantitative estimate of drug-likeness (QED) is 0.673. The SMILES string of the molecule is Cc1ccccc1CNC(=O)COC(=O)C1CCCN(S(=O)(=O)c2cccs2)C1. The number of ether oxygens (including phenoxy) is 1. The number of carbonyl (C=O) groups is 2. The number of nitrogens with zero attached hydrogens (tertiary/aromatic N) is 1. The predicted octanol–water partition coefficient (Wildman–Crippen LogP) is 2.32. The fourth-order valence-electron chi connectivity index (χ4n) is 3.20. The zero-order valence-corrected chi connectivity index (χ0v) is 17.8. The summed E-state index contributed by atoms with van der Waals surface area (Å²) in [5.41, 5.74) is 2.06. The number of piperidine rings is 1. The van der Waals surface area contributed by atoms with Crippen molar-refractivity contribution >= 4 is 33.2 Å². The van der Waals surface area contributed by atoms with E-state index in [-0.39, 0.29) is 23.3 Å². The zero-order valence-electron chi connectivity index (χ0n) is 16.2. The van der Waals surface area contributed by atoms with Gasteiger partial charge in [-0.2, -0.15) is 4.31 Å². The molecule has 0 aliphatic carbocycles. The van der Waals surface area contributed by atoms with Gasteiger partial charge in [-0.05, 0) is 42.3 Å². The molecule has 2 aromatic rings. The zero-order chi connectivity index (χ0) is 20.9. The molecule has 0 saturated carbocycles. The number of hydrogen-bond donors (Lipinski definition) is 1. The van der Waals surface area contributed by atoms with Crippen LogP contribution in [0.25, 0.3) is 0 Å². The minimum atomic E-state index is -3.59. The fourth-order valence-corrected chi connectivity index (χ4v) is 5.87. The predicted molar refractivity (Wildman–Crippen MR) is 110 cm³/mol. The number of amides is 1. The average molecular weight is 437 g/mol. The van der Waals surface area contributed by atoms with Crippen molar-refractivity contribution in [1.82, 2.24) is 9.62 Å². The summed E-state index contributed by atoms with van der Waals surface area (Å²) in [7, 11) is -3.59. The third kappa shape index (κ3) is 5.43. The van der Waals surface area contributed by atoms with Crippen molar-refractivity contribution in [3.63, 3.8) is 0 Å². The number of benzene rings is 1. The number of aryl methyl sites for hydroxylation is 1. The topological polar surface area (TPSA) is 92.8 Å². The highest BCUT2D eigenvalue weighted by Crippen LogP contribution is 2.26. The Kier molecular flexibility index (Phi) is 7.05. The highest BCUT2D eigenvalue weighted by Gasteiger charge is 2.34. The molecule has 1 unspecified atom stereocenters. The summed E-state index contributed by atoms with van der Waals surface area (Å²) in [5.74, 6) is -1.50. The molecule has 2 heterocycles. The number of carbonyl (C=O) groups excluding carboxylic acids is 2. The van der Waals surface area contributed by atoms with Gasteiger partial charge in [0.25, 0.3) is 15.9 Å². The smallest absolute Gasteiger partial charge is 0.310 e. The third-order valence-electron chi connectivity index (χ3n) is 4.89. The molecule has 1 N–H and O–H groups in total. The Labute approximate surface area is 174 Å². The van der Waals surface area contributed by atoms with Crippen LogP contribution in [0.1, 0.15) is 24.0 Å². The van der Waals surface area contributed by atoms with Crippen molar-refractivity contribution in [3.8, 4) is 0 Å². The van der Waals surface area contributed by atoms with Gasteiger partial charge in [0.15, 0.2) is 6.61 Å². The van der Waals surface area contributed by atoms with Crippen LogP contribution in [0.2, 0.25) is 0 Å². The lowest BCUT2D eigenvalue weighted by atomic mass is 10.00. The van der Waals surface area contributed by atoms with Gasteiger partial charge in [-0.25, -0.2) is 8.42 Å². The molecule has 0 radical (unpaired) electrons. The monoisotopic (exact) mass is 436 g/mol. The summed E-state index contributed by atoms with van der Waals surface area (Å²) in [5, 5.41) is 4.44. The molecule has 1 fully saturated rings. The minimum absolute atomic E-state index is 0.0733. The maximum atomic E-state index is 12.7. The second-order valence-electron chi connectivity index (χ2n) is 6.95. The highest BCUT2D eigenvalue weighted by atomic mass is 32.2. The van der Waals surface area contributed by atoms with Crippen LogP contribution in [0.5, 0.6) is 0 Å². The van der Waals surface area contributed by atoms with Crippen molar-refractivity contribution < 1.29 is 22.7 Å². The first-order valence-corrected chi connectivity index (χ1v) is 11.7. The van der Waals surface area contributed by atoms with E-state index >= 15 is 0 Å². The van der Waals surface area contributed by atoms with Gasteiger partial charge < -0.3 is 10.1 Å². The van der Waals surface area contributed by atoms with Crippen LogP contribution in [0.3, 0.4) is 0 Å². The van der Waals surface area contributed by atoms with Crippen molar-refractivity contribution in [3.05, 3.63) is 52.9 Å². The number of hydrogen-bond acceptors (Lipinski definition) is 6. The normalized spacial score (nSPS) is 17.6. The van der Waals surface area contributed by atoms with Crippen LogP contribution in [0, 0.1) is 12.8 Å². The van der Waals surface area contributed by atoms with Gasteiger partial charge in [-0.1, -0.05) is 30.3 Å². The summed E-state index contributed by atoms with van der Waals surface area (Å²) >= 11 is 1.15. The second-order valence-corrected chi connectivity index (χ2v) is 10.1. The Morgan fingerprint density at radius 3 is 2.76 bits per heavy atom. The molecule has 0 bridgehead atoms. The molecule has 1 saturated heterocycles. The fraction of sp³-hybridized carbons (Fsp3) is 0.400. The summed E-state index contributed by atoms with van der Waals surface area (Å²) in [6.07, 6.45) is 1.12. The van der Waals surface area contributed by atoms with Crippen LogP contribution < -0.4 is 5.32 Å². The number of thiophene rings is 1.